The molecular formula is C16H28N2O2S. The molecule has 0 amide bonds. The Hall–Kier alpha value is -1.07. The van der Waals surface area contributed by atoms with Gasteiger partial charge < -0.3 is 5.73 Å². The van der Waals surface area contributed by atoms with E-state index in [1.54, 1.807) is 25.1 Å². The minimum absolute atomic E-state index is 0.0452. The van der Waals surface area contributed by atoms with Crippen LogP contribution >= 0.6 is 0 Å². The molecule has 5 heteroatoms. The molecule has 0 atom stereocenters. The molecule has 0 fully saturated rings. The third-order valence-electron chi connectivity index (χ3n) is 3.81. The third-order valence-corrected chi connectivity index (χ3v) is 5.36. The highest BCUT2D eigenvalue weighted by Crippen LogP contribution is 2.25. The van der Waals surface area contributed by atoms with Gasteiger partial charge in [0.15, 0.2) is 0 Å². The standard InChI is InChI=1S/C16H28N2O2S/c1-5-6-7-11-16(3,4)12-18-21(19,20)15-10-8-9-14(17)13(15)2/h8-10,18H,5-7,11-12,17H2,1-4H3. The van der Waals surface area contributed by atoms with Crippen LogP contribution in [-0.2, 0) is 10.0 Å². The number of hydrogen-bond donors (Lipinski definition) is 2. The van der Waals surface area contributed by atoms with Gasteiger partial charge in [-0.3, -0.25) is 0 Å². The number of nitrogen functional groups attached to an aromatic ring is 1. The predicted octanol–water partition coefficient (Wildman–Crippen LogP) is 3.46. The Morgan fingerprint density at radius 2 is 1.90 bits per heavy atom. The van der Waals surface area contributed by atoms with Crippen LogP contribution in [0.15, 0.2) is 23.1 Å². The van der Waals surface area contributed by atoms with E-state index < -0.39 is 10.0 Å². The molecule has 0 aliphatic rings. The topological polar surface area (TPSA) is 72.2 Å². The summed E-state index contributed by atoms with van der Waals surface area (Å²) >= 11 is 0. The highest BCUT2D eigenvalue weighted by molar-refractivity contribution is 7.89. The van der Waals surface area contributed by atoms with Crippen molar-refractivity contribution in [2.45, 2.75) is 58.3 Å². The van der Waals surface area contributed by atoms with Crippen LogP contribution in [0.3, 0.4) is 0 Å². The van der Waals surface area contributed by atoms with Gasteiger partial charge in [-0.05, 0) is 36.5 Å². The lowest BCUT2D eigenvalue weighted by Crippen LogP contribution is -2.34. The number of nitrogens with two attached hydrogens (primary N) is 1. The van der Waals surface area contributed by atoms with Crippen molar-refractivity contribution in [1.29, 1.82) is 0 Å². The van der Waals surface area contributed by atoms with Crippen LogP contribution < -0.4 is 10.5 Å². The maximum absolute atomic E-state index is 12.4. The van der Waals surface area contributed by atoms with Gasteiger partial charge in [-0.25, -0.2) is 13.1 Å². The Morgan fingerprint density at radius 3 is 2.52 bits per heavy atom. The molecule has 0 aliphatic carbocycles. The van der Waals surface area contributed by atoms with Crippen molar-refractivity contribution in [3.05, 3.63) is 23.8 Å². The normalized spacial score (nSPS) is 12.6. The summed E-state index contributed by atoms with van der Waals surface area (Å²) in [4.78, 5) is 0.270. The third kappa shape index (κ3) is 5.32. The van der Waals surface area contributed by atoms with E-state index >= 15 is 0 Å². The van der Waals surface area contributed by atoms with Gasteiger partial charge in [0.1, 0.15) is 0 Å². The van der Waals surface area contributed by atoms with Crippen molar-refractivity contribution in [1.82, 2.24) is 4.72 Å². The second-order valence-corrected chi connectivity index (χ2v) is 8.15. The highest BCUT2D eigenvalue weighted by Gasteiger charge is 2.23. The number of benzene rings is 1. The number of sulfonamides is 1. The van der Waals surface area contributed by atoms with Crippen LogP contribution in [-0.4, -0.2) is 15.0 Å². The summed E-state index contributed by atoms with van der Waals surface area (Å²) in [7, 11) is -3.51. The molecule has 3 N–H and O–H groups in total. The number of nitrogens with one attached hydrogen (secondary N) is 1. The van der Waals surface area contributed by atoms with Crippen molar-refractivity contribution in [3.8, 4) is 0 Å². The first-order valence-corrected chi connectivity index (χ1v) is 9.03. The Balaban J connectivity index is 2.75. The molecule has 0 bridgehead atoms. The van der Waals surface area contributed by atoms with Crippen molar-refractivity contribution < 1.29 is 8.42 Å². The van der Waals surface area contributed by atoms with Crippen LogP contribution in [0.25, 0.3) is 0 Å². The van der Waals surface area contributed by atoms with Crippen molar-refractivity contribution in [2.75, 3.05) is 12.3 Å². The van der Waals surface area contributed by atoms with E-state index in [1.165, 1.54) is 12.8 Å². The van der Waals surface area contributed by atoms with Gasteiger partial charge in [-0.1, -0.05) is 46.1 Å². The van der Waals surface area contributed by atoms with Crippen molar-refractivity contribution in [3.63, 3.8) is 0 Å². The first-order valence-electron chi connectivity index (χ1n) is 7.54. The lowest BCUT2D eigenvalue weighted by molar-refractivity contribution is 0.320. The number of anilines is 1. The Kier molecular flexibility index (Phi) is 6.23. The van der Waals surface area contributed by atoms with E-state index in [9.17, 15) is 8.42 Å². The smallest absolute Gasteiger partial charge is 0.240 e. The molecule has 0 heterocycles. The second kappa shape index (κ2) is 7.27. The summed E-state index contributed by atoms with van der Waals surface area (Å²) in [6.45, 7) is 8.52. The minimum Gasteiger partial charge on any atom is -0.398 e. The molecule has 0 spiro atoms. The number of rotatable bonds is 8. The quantitative estimate of drug-likeness (QED) is 0.570. The first-order chi connectivity index (χ1) is 9.69. The van der Waals surface area contributed by atoms with Crippen molar-refractivity contribution in [2.24, 2.45) is 5.41 Å². The monoisotopic (exact) mass is 312 g/mol. The summed E-state index contributed by atoms with van der Waals surface area (Å²) in [5, 5.41) is 0. The van der Waals surface area contributed by atoms with E-state index in [0.717, 1.165) is 12.8 Å². The molecule has 21 heavy (non-hydrogen) atoms. The zero-order chi connectivity index (χ0) is 16.1. The van der Waals surface area contributed by atoms with Gasteiger partial charge in [0.05, 0.1) is 4.90 Å². The highest BCUT2D eigenvalue weighted by atomic mass is 32.2. The van der Waals surface area contributed by atoms with E-state index in [4.69, 9.17) is 5.73 Å². The van der Waals surface area contributed by atoms with Gasteiger partial charge in [0.2, 0.25) is 10.0 Å². The summed E-state index contributed by atoms with van der Waals surface area (Å²) in [5.41, 5.74) is 6.85. The summed E-state index contributed by atoms with van der Waals surface area (Å²) in [6.07, 6.45) is 4.50. The van der Waals surface area contributed by atoms with E-state index in [2.05, 4.69) is 25.5 Å². The first kappa shape index (κ1) is 18.0. The molecule has 0 unspecified atom stereocenters. The zero-order valence-electron chi connectivity index (χ0n) is 13.6. The Labute approximate surface area is 129 Å². The molecule has 0 radical (unpaired) electrons. The molecular weight excluding hydrogens is 284 g/mol. The van der Waals surface area contributed by atoms with E-state index in [0.29, 0.717) is 17.8 Å². The molecule has 1 aromatic carbocycles. The maximum Gasteiger partial charge on any atom is 0.240 e. The Morgan fingerprint density at radius 1 is 1.24 bits per heavy atom. The SMILES string of the molecule is CCCCCC(C)(C)CNS(=O)(=O)c1cccc(N)c1C. The predicted molar refractivity (Wildman–Crippen MR) is 88.7 cm³/mol. The maximum atomic E-state index is 12.4. The van der Waals surface area contributed by atoms with Crippen LogP contribution in [0.1, 0.15) is 52.0 Å². The molecule has 0 aromatic heterocycles. The zero-order valence-corrected chi connectivity index (χ0v) is 14.4. The number of hydrogen-bond acceptors (Lipinski definition) is 3. The van der Waals surface area contributed by atoms with Crippen molar-refractivity contribution >= 4 is 15.7 Å². The largest absolute Gasteiger partial charge is 0.398 e. The lowest BCUT2D eigenvalue weighted by Gasteiger charge is -2.25. The van der Waals surface area contributed by atoms with Gasteiger partial charge in [0, 0.05) is 12.2 Å². The summed E-state index contributed by atoms with van der Waals surface area (Å²) in [6, 6.07) is 4.98. The molecule has 120 valence electrons. The fraction of sp³-hybridized carbons (Fsp3) is 0.625. The second-order valence-electron chi connectivity index (χ2n) is 6.42. The minimum atomic E-state index is -3.51. The molecule has 0 aliphatic heterocycles. The lowest BCUT2D eigenvalue weighted by atomic mass is 9.87. The summed E-state index contributed by atoms with van der Waals surface area (Å²) in [5.74, 6) is 0. The molecule has 1 rings (SSSR count). The van der Waals surface area contributed by atoms with Crippen LogP contribution in [0, 0.1) is 12.3 Å². The molecule has 0 saturated heterocycles. The molecule has 0 saturated carbocycles. The summed E-state index contributed by atoms with van der Waals surface area (Å²) < 4.78 is 27.6. The fourth-order valence-corrected chi connectivity index (χ4v) is 3.75. The average Bonchev–Trinajstić information content (AvgIpc) is 2.40. The van der Waals surface area contributed by atoms with Gasteiger partial charge in [0.25, 0.3) is 0 Å². The molecule has 1 aromatic rings. The fourth-order valence-electron chi connectivity index (χ4n) is 2.23. The van der Waals surface area contributed by atoms with Crippen LogP contribution in [0.5, 0.6) is 0 Å². The van der Waals surface area contributed by atoms with Gasteiger partial charge >= 0.3 is 0 Å². The Bertz CT molecular complexity index is 566. The van der Waals surface area contributed by atoms with Crippen LogP contribution in [0.4, 0.5) is 5.69 Å². The van der Waals surface area contributed by atoms with E-state index in [1.807, 2.05) is 0 Å². The average molecular weight is 312 g/mol. The van der Waals surface area contributed by atoms with Gasteiger partial charge in [-0.2, -0.15) is 0 Å². The van der Waals surface area contributed by atoms with Gasteiger partial charge in [-0.15, -0.1) is 0 Å². The van der Waals surface area contributed by atoms with Crippen LogP contribution in [0.2, 0.25) is 0 Å². The molecule has 4 nitrogen and oxygen atoms in total. The van der Waals surface area contributed by atoms with E-state index in [-0.39, 0.29) is 10.3 Å². The number of unbranched alkanes of at least 4 members (excludes halogenated alkanes) is 2.